The second-order valence-electron chi connectivity index (χ2n) is 8.91. The highest BCUT2D eigenvalue weighted by atomic mass is 127. The molecule has 0 spiro atoms. The van der Waals surface area contributed by atoms with Gasteiger partial charge in [-0.3, -0.25) is 4.98 Å². The van der Waals surface area contributed by atoms with E-state index in [1.54, 1.807) is 42.5 Å². The molecule has 0 unspecified atom stereocenters. The molecule has 40 heavy (non-hydrogen) atoms. The number of aromatic nitrogens is 1. The highest BCUT2D eigenvalue weighted by Crippen LogP contribution is 2.48. The third-order valence-corrected chi connectivity index (χ3v) is 6.79. The Kier molecular flexibility index (Phi) is 7.40. The van der Waals surface area contributed by atoms with Crippen molar-refractivity contribution >= 4 is 34.3 Å². The molecular formula is C28H19F5IN3O3. The quantitative estimate of drug-likeness (QED) is 0.170. The molecule has 1 atom stereocenters. The SMILES string of the molecule is O=C(Nc1cccc(F)c1)N[C@](Cc1ccccc1)(c1ccc2c(c1)C(F)(F)OC(F)(F)O2)c1ccc(I)cn1. The van der Waals surface area contributed by atoms with Crippen LogP contribution in [0.4, 0.5) is 32.4 Å². The summed E-state index contributed by atoms with van der Waals surface area (Å²) in [6, 6.07) is 19.8. The predicted molar refractivity (Wildman–Crippen MR) is 143 cm³/mol. The standard InChI is InChI=1S/C28H19F5IN3O3/c29-19-7-4-8-21(14-19)36-25(38)37-26(15-17-5-2-1-3-6-17,24-12-10-20(34)16-35-24)18-9-11-23-22(13-18)27(30,31)40-28(32,33)39-23/h1-14,16H,15H2,(H2,36,37,38)/t26-/m1/s1. The molecule has 0 saturated heterocycles. The van der Waals surface area contributed by atoms with Crippen molar-refractivity contribution in [2.45, 2.75) is 24.4 Å². The molecule has 1 aliphatic rings. The van der Waals surface area contributed by atoms with E-state index in [1.165, 1.54) is 30.5 Å². The van der Waals surface area contributed by atoms with Crippen LogP contribution in [0, 0.1) is 9.39 Å². The average molecular weight is 667 g/mol. The molecule has 0 aliphatic carbocycles. The summed E-state index contributed by atoms with van der Waals surface area (Å²) < 4.78 is 79.5. The van der Waals surface area contributed by atoms with Crippen LogP contribution >= 0.6 is 22.6 Å². The van der Waals surface area contributed by atoms with Gasteiger partial charge in [-0.1, -0.05) is 42.5 Å². The number of amides is 2. The summed E-state index contributed by atoms with van der Waals surface area (Å²) >= 11 is 2.04. The molecule has 0 radical (unpaired) electrons. The van der Waals surface area contributed by atoms with Gasteiger partial charge in [0.2, 0.25) is 0 Å². The lowest BCUT2D eigenvalue weighted by molar-refractivity contribution is -0.461. The van der Waals surface area contributed by atoms with Crippen molar-refractivity contribution in [1.29, 1.82) is 0 Å². The van der Waals surface area contributed by atoms with E-state index in [2.05, 4.69) is 25.1 Å². The molecule has 4 aromatic rings. The van der Waals surface area contributed by atoms with Gasteiger partial charge in [0.25, 0.3) is 0 Å². The zero-order chi connectivity index (χ0) is 28.5. The zero-order valence-electron chi connectivity index (χ0n) is 20.3. The van der Waals surface area contributed by atoms with Crippen molar-refractivity contribution in [1.82, 2.24) is 10.3 Å². The molecule has 0 saturated carbocycles. The summed E-state index contributed by atoms with van der Waals surface area (Å²) in [6.45, 7) is 0. The Morgan fingerprint density at radius 3 is 2.42 bits per heavy atom. The molecule has 6 nitrogen and oxygen atoms in total. The van der Waals surface area contributed by atoms with Crippen LogP contribution in [0.2, 0.25) is 0 Å². The average Bonchev–Trinajstić information content (AvgIpc) is 2.88. The van der Waals surface area contributed by atoms with Crippen molar-refractivity contribution in [2.24, 2.45) is 0 Å². The molecule has 2 N–H and O–H groups in total. The fourth-order valence-electron chi connectivity index (χ4n) is 4.44. The van der Waals surface area contributed by atoms with E-state index in [4.69, 9.17) is 0 Å². The summed E-state index contributed by atoms with van der Waals surface area (Å²) in [7, 11) is 0. The van der Waals surface area contributed by atoms with Gasteiger partial charge in [0.05, 0.1) is 11.3 Å². The first-order chi connectivity index (χ1) is 19.0. The minimum atomic E-state index is -4.54. The van der Waals surface area contributed by atoms with Crippen LogP contribution in [0.3, 0.4) is 0 Å². The number of ether oxygens (including phenoxy) is 2. The number of benzene rings is 3. The minimum absolute atomic E-state index is 0.0141. The number of nitrogens with one attached hydrogen (secondary N) is 2. The smallest absolute Gasteiger partial charge is 0.409 e. The highest BCUT2D eigenvalue weighted by molar-refractivity contribution is 14.1. The highest BCUT2D eigenvalue weighted by Gasteiger charge is 2.55. The number of carbonyl (C=O) groups excluding carboxylic acids is 1. The van der Waals surface area contributed by atoms with Crippen molar-refractivity contribution in [3.05, 3.63) is 123 Å². The number of urea groups is 1. The third kappa shape index (κ3) is 5.87. The normalized spacial score (nSPS) is 16.6. The monoisotopic (exact) mass is 667 g/mol. The zero-order valence-corrected chi connectivity index (χ0v) is 22.5. The number of alkyl halides is 4. The molecule has 12 heteroatoms. The van der Waals surface area contributed by atoms with Gasteiger partial charge in [-0.05, 0) is 76.2 Å². The maximum Gasteiger partial charge on any atom is 0.540 e. The number of halogens is 6. The molecule has 0 bridgehead atoms. The van der Waals surface area contributed by atoms with E-state index in [-0.39, 0.29) is 23.4 Å². The number of hydrogen-bond donors (Lipinski definition) is 2. The Bertz CT molecular complexity index is 1540. The van der Waals surface area contributed by atoms with Gasteiger partial charge >= 0.3 is 18.4 Å². The number of fused-ring (bicyclic) bond motifs is 1. The Morgan fingerprint density at radius 1 is 0.950 bits per heavy atom. The van der Waals surface area contributed by atoms with Gasteiger partial charge in [-0.15, -0.1) is 8.78 Å². The first-order valence-corrected chi connectivity index (χ1v) is 12.8. The van der Waals surface area contributed by atoms with Crippen molar-refractivity contribution in [2.75, 3.05) is 5.32 Å². The number of pyridine rings is 1. The van der Waals surface area contributed by atoms with Gasteiger partial charge in [-0.2, -0.15) is 8.78 Å². The van der Waals surface area contributed by atoms with Gasteiger partial charge in [-0.25, -0.2) is 13.9 Å². The number of anilines is 1. The molecule has 1 aromatic heterocycles. The van der Waals surface area contributed by atoms with Crippen molar-refractivity contribution in [3.63, 3.8) is 0 Å². The Balaban J connectivity index is 1.67. The van der Waals surface area contributed by atoms with Crippen LogP contribution in [-0.4, -0.2) is 17.3 Å². The third-order valence-electron chi connectivity index (χ3n) is 6.15. The van der Waals surface area contributed by atoms with Gasteiger partial charge in [0.1, 0.15) is 17.1 Å². The topological polar surface area (TPSA) is 72.5 Å². The molecule has 1 aliphatic heterocycles. The van der Waals surface area contributed by atoms with Crippen LogP contribution in [-0.2, 0) is 22.8 Å². The van der Waals surface area contributed by atoms with Crippen LogP contribution in [0.5, 0.6) is 5.75 Å². The maximum absolute atomic E-state index is 14.8. The van der Waals surface area contributed by atoms with E-state index in [9.17, 15) is 26.7 Å². The second kappa shape index (κ2) is 10.7. The van der Waals surface area contributed by atoms with Crippen LogP contribution in [0.25, 0.3) is 0 Å². The molecule has 0 fully saturated rings. The Morgan fingerprint density at radius 2 is 1.73 bits per heavy atom. The largest absolute Gasteiger partial charge is 0.540 e. The maximum atomic E-state index is 14.8. The number of rotatable bonds is 6. The molecule has 2 heterocycles. The Labute approximate surface area is 238 Å². The van der Waals surface area contributed by atoms with Crippen LogP contribution in [0.1, 0.15) is 22.4 Å². The van der Waals surface area contributed by atoms with E-state index in [0.29, 0.717) is 5.56 Å². The molecule has 206 valence electrons. The molecular weight excluding hydrogens is 648 g/mol. The lowest BCUT2D eigenvalue weighted by Gasteiger charge is -2.37. The minimum Gasteiger partial charge on any atom is -0.409 e. The molecule has 2 amide bonds. The first kappa shape index (κ1) is 27.8. The van der Waals surface area contributed by atoms with Gasteiger partial charge in [0, 0.05) is 21.9 Å². The fraction of sp³-hybridized carbons (Fsp3) is 0.143. The second-order valence-corrected chi connectivity index (χ2v) is 10.2. The van der Waals surface area contributed by atoms with Crippen molar-refractivity contribution < 1.29 is 36.2 Å². The van der Waals surface area contributed by atoms with Gasteiger partial charge < -0.3 is 15.4 Å². The van der Waals surface area contributed by atoms with Crippen LogP contribution in [0.15, 0.2) is 91.1 Å². The predicted octanol–water partition coefficient (Wildman–Crippen LogP) is 7.14. The summed E-state index contributed by atoms with van der Waals surface area (Å²) in [5.74, 6) is -1.36. The fourth-order valence-corrected chi connectivity index (χ4v) is 4.76. The number of hydrogen-bond acceptors (Lipinski definition) is 4. The lowest BCUT2D eigenvalue weighted by Crippen LogP contribution is -2.51. The van der Waals surface area contributed by atoms with Gasteiger partial charge in [0.15, 0.2) is 0 Å². The lowest BCUT2D eigenvalue weighted by atomic mass is 9.79. The number of carbonyl (C=O) groups is 1. The van der Waals surface area contributed by atoms with Crippen molar-refractivity contribution in [3.8, 4) is 5.75 Å². The van der Waals surface area contributed by atoms with E-state index in [1.807, 2.05) is 22.6 Å². The van der Waals surface area contributed by atoms with E-state index < -0.39 is 41.1 Å². The summed E-state index contributed by atoms with van der Waals surface area (Å²) in [5.41, 5.74) is -1.40. The Hall–Kier alpha value is -3.78. The molecule has 5 rings (SSSR count). The van der Waals surface area contributed by atoms with Crippen LogP contribution < -0.4 is 15.4 Å². The summed E-state index contributed by atoms with van der Waals surface area (Å²) in [4.78, 5) is 17.9. The summed E-state index contributed by atoms with van der Waals surface area (Å²) in [6.07, 6.45) is -7.41. The summed E-state index contributed by atoms with van der Waals surface area (Å²) in [5, 5.41) is 5.39. The number of nitrogens with zero attached hydrogens (tertiary/aromatic N) is 1. The first-order valence-electron chi connectivity index (χ1n) is 11.8. The van der Waals surface area contributed by atoms with E-state index >= 15 is 0 Å². The van der Waals surface area contributed by atoms with E-state index in [0.717, 1.165) is 21.8 Å². The molecule has 3 aromatic carbocycles.